The van der Waals surface area contributed by atoms with E-state index in [2.05, 4.69) is 51.3 Å². The van der Waals surface area contributed by atoms with E-state index < -0.39 is 6.04 Å². The van der Waals surface area contributed by atoms with E-state index >= 15 is 0 Å². The summed E-state index contributed by atoms with van der Waals surface area (Å²) >= 11 is 0. The molecule has 0 aliphatic rings. The molecule has 4 aromatic rings. The van der Waals surface area contributed by atoms with E-state index in [-0.39, 0.29) is 5.91 Å². The second-order valence-electron chi connectivity index (χ2n) is 8.72. The Morgan fingerprint density at radius 1 is 1.14 bits per heavy atom. The lowest BCUT2D eigenvalue weighted by Gasteiger charge is -2.07. The van der Waals surface area contributed by atoms with E-state index in [1.165, 1.54) is 6.42 Å². The predicted octanol–water partition coefficient (Wildman–Crippen LogP) is 5.44. The van der Waals surface area contributed by atoms with Gasteiger partial charge >= 0.3 is 0 Å². The second kappa shape index (κ2) is 14.4. The van der Waals surface area contributed by atoms with Crippen molar-refractivity contribution in [1.29, 1.82) is 5.26 Å². The van der Waals surface area contributed by atoms with E-state index in [1.54, 1.807) is 31.3 Å². The van der Waals surface area contributed by atoms with Gasteiger partial charge in [-0.3, -0.25) is 4.79 Å². The maximum atomic E-state index is 12.3. The van der Waals surface area contributed by atoms with Crippen molar-refractivity contribution in [2.45, 2.75) is 52.7 Å². The van der Waals surface area contributed by atoms with Crippen LogP contribution in [-0.4, -0.2) is 33.2 Å². The Balaban J connectivity index is 0.00000121. The van der Waals surface area contributed by atoms with Crippen molar-refractivity contribution >= 4 is 5.91 Å². The van der Waals surface area contributed by atoms with Gasteiger partial charge in [0, 0.05) is 48.2 Å². The quantitative estimate of drug-likeness (QED) is 0.282. The highest BCUT2D eigenvalue weighted by atomic mass is 16.5. The molecule has 8 nitrogen and oxygen atoms in total. The maximum absolute atomic E-state index is 12.3. The number of rotatable bonds is 10. The molecule has 4 rings (SSSR count). The van der Waals surface area contributed by atoms with Crippen LogP contribution in [0.25, 0.3) is 22.6 Å². The summed E-state index contributed by atoms with van der Waals surface area (Å²) < 4.78 is 7.67. The molecule has 192 valence electrons. The van der Waals surface area contributed by atoms with Gasteiger partial charge in [-0.1, -0.05) is 55.8 Å². The Morgan fingerprint density at radius 2 is 1.92 bits per heavy atom. The Bertz CT molecular complexity index is 1290. The van der Waals surface area contributed by atoms with Crippen molar-refractivity contribution in [3.63, 3.8) is 0 Å². The minimum absolute atomic E-state index is 0.301. The summed E-state index contributed by atoms with van der Waals surface area (Å²) in [6.07, 6.45) is 7.86. The molecule has 0 saturated carbocycles. The van der Waals surface area contributed by atoms with Crippen LogP contribution < -0.4 is 10.6 Å². The van der Waals surface area contributed by atoms with Crippen LogP contribution in [-0.2, 0) is 13.1 Å². The number of amides is 1. The number of carbonyl (C=O) groups excluding carboxylic acids is 1. The first-order valence-corrected chi connectivity index (χ1v) is 12.6. The highest BCUT2D eigenvalue weighted by Crippen LogP contribution is 2.27. The third-order valence-corrected chi connectivity index (χ3v) is 5.34. The number of aromatic nitrogens is 3. The first-order valence-electron chi connectivity index (χ1n) is 12.6. The zero-order valence-electron chi connectivity index (χ0n) is 21.6. The number of nitrogens with one attached hydrogen (secondary N) is 2. The minimum Gasteiger partial charge on any atom is -0.356 e. The van der Waals surface area contributed by atoms with Crippen molar-refractivity contribution < 1.29 is 9.32 Å². The Hall–Kier alpha value is -4.22. The number of imidazole rings is 1. The summed E-state index contributed by atoms with van der Waals surface area (Å²) in [6.45, 7) is 8.49. The lowest BCUT2D eigenvalue weighted by atomic mass is 10.1. The number of nitriles is 1. The first-order chi connectivity index (χ1) is 18.0. The molecule has 0 radical (unpaired) electrons. The molecule has 0 aliphatic heterocycles. The fourth-order valence-corrected chi connectivity index (χ4v) is 3.55. The number of hydrogen-bond donors (Lipinski definition) is 2. The van der Waals surface area contributed by atoms with Crippen LogP contribution in [0.2, 0.25) is 0 Å². The molecular weight excluding hydrogens is 464 g/mol. The first kappa shape index (κ1) is 27.4. The van der Waals surface area contributed by atoms with Crippen molar-refractivity contribution in [3.05, 3.63) is 84.4 Å². The summed E-state index contributed by atoms with van der Waals surface area (Å²) in [4.78, 5) is 16.4. The fraction of sp³-hybridized carbons (Fsp3) is 0.310. The topological polar surface area (TPSA) is 109 Å². The van der Waals surface area contributed by atoms with E-state index in [0.717, 1.165) is 42.7 Å². The molecule has 2 aromatic carbocycles. The molecule has 0 fully saturated rings. The molecule has 2 aromatic heterocycles. The van der Waals surface area contributed by atoms with E-state index in [1.807, 2.05) is 42.9 Å². The number of aryl methyl sites for hydroxylation is 1. The van der Waals surface area contributed by atoms with E-state index in [0.29, 0.717) is 17.0 Å². The largest absolute Gasteiger partial charge is 0.356 e. The number of hydrogen-bond acceptors (Lipinski definition) is 6. The third-order valence-electron chi connectivity index (χ3n) is 5.34. The minimum atomic E-state index is -0.562. The molecule has 1 amide bonds. The van der Waals surface area contributed by atoms with Crippen molar-refractivity contribution in [2.24, 2.45) is 0 Å². The van der Waals surface area contributed by atoms with Crippen LogP contribution in [0.1, 0.15) is 49.5 Å². The van der Waals surface area contributed by atoms with E-state index in [4.69, 9.17) is 9.78 Å². The van der Waals surface area contributed by atoms with Gasteiger partial charge in [-0.2, -0.15) is 5.26 Å². The normalized spacial score (nSPS) is 11.2. The van der Waals surface area contributed by atoms with Crippen molar-refractivity contribution in [2.75, 3.05) is 6.54 Å². The van der Waals surface area contributed by atoms with Gasteiger partial charge in [0.25, 0.3) is 5.91 Å². The summed E-state index contributed by atoms with van der Waals surface area (Å²) in [6, 6.07) is 18.6. The molecule has 0 bridgehead atoms. The van der Waals surface area contributed by atoms with Gasteiger partial charge in [-0.15, -0.1) is 0 Å². The average Bonchev–Trinajstić information content (AvgIpc) is 3.62. The number of carbonyl (C=O) groups is 1. The summed E-state index contributed by atoms with van der Waals surface area (Å²) in [7, 11) is 0. The SMILES string of the molecule is CC(C#N)NC(=O)c1cccc(-c2cc(-c3cccc(CNCCCn4ccnc4)c3)on2)c1.CCC. The molecule has 2 N–H and O–H groups in total. The van der Waals surface area contributed by atoms with Crippen LogP contribution in [0, 0.1) is 11.3 Å². The van der Waals surface area contributed by atoms with Crippen molar-refractivity contribution in [3.8, 4) is 28.7 Å². The van der Waals surface area contributed by atoms with E-state index in [9.17, 15) is 4.79 Å². The molecule has 1 unspecified atom stereocenters. The lowest BCUT2D eigenvalue weighted by Crippen LogP contribution is -2.31. The highest BCUT2D eigenvalue weighted by molar-refractivity contribution is 5.95. The molecule has 0 aliphatic carbocycles. The second-order valence-corrected chi connectivity index (χ2v) is 8.72. The highest BCUT2D eigenvalue weighted by Gasteiger charge is 2.13. The molecule has 1 atom stereocenters. The molecule has 37 heavy (non-hydrogen) atoms. The Kier molecular flexibility index (Phi) is 10.6. The molecule has 2 heterocycles. The van der Waals surface area contributed by atoms with Crippen LogP contribution in [0.15, 0.2) is 77.8 Å². The zero-order valence-corrected chi connectivity index (χ0v) is 21.6. The molecule has 0 saturated heterocycles. The third kappa shape index (κ3) is 8.44. The molecule has 0 spiro atoms. The van der Waals surface area contributed by atoms with Gasteiger partial charge in [0.2, 0.25) is 0 Å². The Labute approximate surface area is 218 Å². The maximum Gasteiger partial charge on any atom is 0.252 e. The van der Waals surface area contributed by atoms with Gasteiger partial charge in [-0.05, 0) is 43.7 Å². The standard InChI is InChI=1S/C26H26N6O2.C3H8/c1-19(16-27)30-26(33)23-8-3-6-21(14-23)24-15-25(34-31-24)22-7-2-5-20(13-22)17-28-9-4-11-32-12-10-29-18-32;1-3-2/h2-3,5-8,10,12-15,18-19,28H,4,9,11,17H2,1H3,(H,30,33);3H2,1-2H3. The average molecular weight is 499 g/mol. The van der Waals surface area contributed by atoms with Gasteiger partial charge in [0.15, 0.2) is 5.76 Å². The predicted molar refractivity (Wildman–Crippen MR) is 144 cm³/mol. The smallest absolute Gasteiger partial charge is 0.252 e. The fourth-order valence-electron chi connectivity index (χ4n) is 3.55. The van der Waals surface area contributed by atoms with Crippen LogP contribution in [0.5, 0.6) is 0 Å². The Morgan fingerprint density at radius 3 is 2.68 bits per heavy atom. The zero-order chi connectivity index (χ0) is 26.5. The monoisotopic (exact) mass is 498 g/mol. The molecule has 8 heteroatoms. The van der Waals surface area contributed by atoms with Gasteiger partial charge < -0.3 is 19.7 Å². The van der Waals surface area contributed by atoms with Gasteiger partial charge in [0.05, 0.1) is 12.4 Å². The number of nitrogens with zero attached hydrogens (tertiary/aromatic N) is 4. The number of benzene rings is 2. The summed E-state index contributed by atoms with van der Waals surface area (Å²) in [5, 5.41) is 19.2. The summed E-state index contributed by atoms with van der Waals surface area (Å²) in [5.41, 5.74) is 3.96. The van der Waals surface area contributed by atoms with Crippen molar-refractivity contribution in [1.82, 2.24) is 25.3 Å². The van der Waals surface area contributed by atoms with Gasteiger partial charge in [0.1, 0.15) is 11.7 Å². The van der Waals surface area contributed by atoms with Gasteiger partial charge in [-0.25, -0.2) is 4.98 Å². The summed E-state index contributed by atoms with van der Waals surface area (Å²) in [5.74, 6) is 0.356. The van der Waals surface area contributed by atoms with Crippen LogP contribution in [0.4, 0.5) is 0 Å². The molecular formula is C29H34N6O2. The van der Waals surface area contributed by atoms with Crippen LogP contribution >= 0.6 is 0 Å². The lowest BCUT2D eigenvalue weighted by molar-refractivity contribution is 0.0948. The van der Waals surface area contributed by atoms with Crippen LogP contribution in [0.3, 0.4) is 0 Å².